The second-order valence-corrected chi connectivity index (χ2v) is 3.38. The molecule has 0 aliphatic heterocycles. The lowest BCUT2D eigenvalue weighted by Crippen LogP contribution is -2.09. The van der Waals surface area contributed by atoms with Crippen molar-refractivity contribution in [3.63, 3.8) is 0 Å². The standard InChI is InChI=1S/C10H7ClN2O4/c1-2-17-10(14)8-4-7(11)3-6(5-12)9(8)13(15)16/h3-4H,2H2,1H3. The Hall–Kier alpha value is -2.13. The fraction of sp³-hybridized carbons (Fsp3) is 0.200. The van der Waals surface area contributed by atoms with Gasteiger partial charge in [-0.05, 0) is 19.1 Å². The van der Waals surface area contributed by atoms with Gasteiger partial charge in [0.05, 0.1) is 11.5 Å². The summed E-state index contributed by atoms with van der Waals surface area (Å²) in [6.07, 6.45) is 0. The van der Waals surface area contributed by atoms with Crippen molar-refractivity contribution >= 4 is 23.3 Å². The maximum Gasteiger partial charge on any atom is 0.345 e. The number of carbonyl (C=O) groups excluding carboxylic acids is 1. The van der Waals surface area contributed by atoms with Gasteiger partial charge in [-0.1, -0.05) is 11.6 Å². The molecule has 0 N–H and O–H groups in total. The Kier molecular flexibility index (Phi) is 4.01. The molecular weight excluding hydrogens is 248 g/mol. The van der Waals surface area contributed by atoms with Crippen LogP contribution in [-0.4, -0.2) is 17.5 Å². The molecule has 0 heterocycles. The number of hydrogen-bond donors (Lipinski definition) is 0. The summed E-state index contributed by atoms with van der Waals surface area (Å²) < 4.78 is 4.66. The number of nitro benzene ring substituents is 1. The van der Waals surface area contributed by atoms with E-state index in [9.17, 15) is 14.9 Å². The highest BCUT2D eigenvalue weighted by Gasteiger charge is 2.26. The first-order valence-corrected chi connectivity index (χ1v) is 4.94. The van der Waals surface area contributed by atoms with Crippen LogP contribution in [0.25, 0.3) is 0 Å². The summed E-state index contributed by atoms with van der Waals surface area (Å²) >= 11 is 5.67. The highest BCUT2D eigenvalue weighted by Crippen LogP contribution is 2.28. The van der Waals surface area contributed by atoms with Gasteiger partial charge in [0.25, 0.3) is 0 Å². The van der Waals surface area contributed by atoms with Gasteiger partial charge >= 0.3 is 11.7 Å². The molecule has 6 nitrogen and oxygen atoms in total. The first kappa shape index (κ1) is 12.9. The van der Waals surface area contributed by atoms with E-state index in [2.05, 4.69) is 4.74 Å². The van der Waals surface area contributed by atoms with Gasteiger partial charge in [-0.3, -0.25) is 10.1 Å². The van der Waals surface area contributed by atoms with Gasteiger partial charge < -0.3 is 4.74 Å². The van der Waals surface area contributed by atoms with E-state index < -0.39 is 16.6 Å². The zero-order valence-corrected chi connectivity index (χ0v) is 9.52. The summed E-state index contributed by atoms with van der Waals surface area (Å²) in [6.45, 7) is 1.64. The van der Waals surface area contributed by atoms with E-state index in [1.165, 1.54) is 0 Å². The van der Waals surface area contributed by atoms with Crippen LogP contribution in [0.15, 0.2) is 12.1 Å². The van der Waals surface area contributed by atoms with E-state index in [4.69, 9.17) is 16.9 Å². The molecule has 0 bridgehead atoms. The third kappa shape index (κ3) is 2.71. The molecule has 0 spiro atoms. The summed E-state index contributed by atoms with van der Waals surface area (Å²) in [4.78, 5) is 21.5. The van der Waals surface area contributed by atoms with E-state index in [0.717, 1.165) is 12.1 Å². The van der Waals surface area contributed by atoms with Crippen LogP contribution in [0.5, 0.6) is 0 Å². The fourth-order valence-corrected chi connectivity index (χ4v) is 1.46. The SMILES string of the molecule is CCOC(=O)c1cc(Cl)cc(C#N)c1[N+](=O)[O-]. The molecule has 7 heteroatoms. The van der Waals surface area contributed by atoms with E-state index in [1.807, 2.05) is 0 Å². The summed E-state index contributed by atoms with van der Waals surface area (Å²) in [5, 5.41) is 19.7. The fourth-order valence-electron chi connectivity index (χ4n) is 1.25. The molecule has 0 saturated heterocycles. The third-order valence-corrected chi connectivity index (χ3v) is 2.09. The monoisotopic (exact) mass is 254 g/mol. The number of nitriles is 1. The van der Waals surface area contributed by atoms with Crippen molar-refractivity contribution in [1.82, 2.24) is 0 Å². The first-order chi connectivity index (χ1) is 8.01. The van der Waals surface area contributed by atoms with Crippen LogP contribution < -0.4 is 0 Å². The number of nitrogens with zero attached hydrogens (tertiary/aromatic N) is 2. The van der Waals surface area contributed by atoms with E-state index in [1.54, 1.807) is 13.0 Å². The van der Waals surface area contributed by atoms with Gasteiger partial charge in [0, 0.05) is 5.02 Å². The predicted octanol–water partition coefficient (Wildman–Crippen LogP) is 2.30. The molecule has 0 atom stereocenters. The predicted molar refractivity (Wildman–Crippen MR) is 58.8 cm³/mol. The lowest BCUT2D eigenvalue weighted by atomic mass is 10.1. The molecule has 88 valence electrons. The van der Waals surface area contributed by atoms with E-state index in [-0.39, 0.29) is 22.8 Å². The molecule has 0 fully saturated rings. The molecular formula is C10H7ClN2O4. The quantitative estimate of drug-likeness (QED) is 0.469. The van der Waals surface area contributed by atoms with Crippen LogP contribution >= 0.6 is 11.6 Å². The van der Waals surface area contributed by atoms with Gasteiger partial charge in [-0.2, -0.15) is 5.26 Å². The maximum atomic E-state index is 11.5. The normalized spacial score (nSPS) is 9.47. The number of carbonyl (C=O) groups is 1. The number of nitro groups is 1. The first-order valence-electron chi connectivity index (χ1n) is 4.56. The van der Waals surface area contributed by atoms with Crippen molar-refractivity contribution in [3.8, 4) is 6.07 Å². The molecule has 0 aliphatic carbocycles. The molecule has 0 aliphatic rings. The van der Waals surface area contributed by atoms with Crippen LogP contribution in [0.1, 0.15) is 22.8 Å². The largest absolute Gasteiger partial charge is 0.462 e. The highest BCUT2D eigenvalue weighted by atomic mass is 35.5. The third-order valence-electron chi connectivity index (χ3n) is 1.87. The lowest BCUT2D eigenvalue weighted by Gasteiger charge is -2.04. The topological polar surface area (TPSA) is 93.2 Å². The van der Waals surface area contributed by atoms with Crippen molar-refractivity contribution in [1.29, 1.82) is 5.26 Å². The Morgan fingerprint density at radius 3 is 2.76 bits per heavy atom. The van der Waals surface area contributed by atoms with Gasteiger partial charge in [0.2, 0.25) is 0 Å². The molecule has 17 heavy (non-hydrogen) atoms. The maximum absolute atomic E-state index is 11.5. The highest BCUT2D eigenvalue weighted by molar-refractivity contribution is 6.31. The number of rotatable bonds is 3. The minimum Gasteiger partial charge on any atom is -0.462 e. The Morgan fingerprint density at radius 2 is 2.29 bits per heavy atom. The number of hydrogen-bond acceptors (Lipinski definition) is 5. The van der Waals surface area contributed by atoms with Crippen LogP contribution in [-0.2, 0) is 4.74 Å². The minimum absolute atomic E-state index is 0.0650. The molecule has 1 aromatic carbocycles. The van der Waals surface area contributed by atoms with Gasteiger partial charge in [-0.15, -0.1) is 0 Å². The van der Waals surface area contributed by atoms with Gasteiger partial charge in [0.15, 0.2) is 0 Å². The molecule has 1 rings (SSSR count). The average molecular weight is 255 g/mol. The zero-order valence-electron chi connectivity index (χ0n) is 8.77. The van der Waals surface area contributed by atoms with Crippen LogP contribution in [0.2, 0.25) is 5.02 Å². The summed E-state index contributed by atoms with van der Waals surface area (Å²) in [5.74, 6) is -0.877. The van der Waals surface area contributed by atoms with Gasteiger partial charge in [-0.25, -0.2) is 4.79 Å². The Labute approximate surface area is 102 Å². The summed E-state index contributed by atoms with van der Waals surface area (Å²) in [6, 6.07) is 3.86. The number of esters is 1. The average Bonchev–Trinajstić information content (AvgIpc) is 2.27. The van der Waals surface area contributed by atoms with Crippen molar-refractivity contribution < 1.29 is 14.5 Å². The zero-order chi connectivity index (χ0) is 13.0. The Balaban J connectivity index is 3.47. The molecule has 0 aromatic heterocycles. The van der Waals surface area contributed by atoms with Crippen molar-refractivity contribution in [2.24, 2.45) is 0 Å². The Bertz CT molecular complexity index is 522. The van der Waals surface area contributed by atoms with Crippen LogP contribution in [0, 0.1) is 21.4 Å². The lowest BCUT2D eigenvalue weighted by molar-refractivity contribution is -0.385. The molecule has 0 unspecified atom stereocenters. The van der Waals surface area contributed by atoms with E-state index >= 15 is 0 Å². The molecule has 0 radical (unpaired) electrons. The number of benzene rings is 1. The second-order valence-electron chi connectivity index (χ2n) is 2.94. The summed E-state index contributed by atoms with van der Waals surface area (Å²) in [5.41, 5.74) is -1.18. The van der Waals surface area contributed by atoms with Crippen molar-refractivity contribution in [2.45, 2.75) is 6.92 Å². The van der Waals surface area contributed by atoms with Crippen molar-refractivity contribution in [3.05, 3.63) is 38.4 Å². The minimum atomic E-state index is -0.877. The van der Waals surface area contributed by atoms with Crippen LogP contribution in [0.4, 0.5) is 5.69 Å². The molecule has 0 saturated carbocycles. The second kappa shape index (κ2) is 5.27. The Morgan fingerprint density at radius 1 is 1.65 bits per heavy atom. The van der Waals surface area contributed by atoms with E-state index in [0.29, 0.717) is 0 Å². The molecule has 0 amide bonds. The van der Waals surface area contributed by atoms with Gasteiger partial charge in [0.1, 0.15) is 17.2 Å². The number of halogens is 1. The molecule has 1 aromatic rings. The van der Waals surface area contributed by atoms with Crippen molar-refractivity contribution in [2.75, 3.05) is 6.61 Å². The smallest absolute Gasteiger partial charge is 0.345 e. The van der Waals surface area contributed by atoms with Crippen LogP contribution in [0.3, 0.4) is 0 Å². The summed E-state index contributed by atoms with van der Waals surface area (Å²) in [7, 11) is 0. The number of ether oxygens (including phenoxy) is 1.